The Morgan fingerprint density at radius 3 is 2.21 bits per heavy atom. The minimum absolute atomic E-state index is 0.169. The second kappa shape index (κ2) is 4.86. The van der Waals surface area contributed by atoms with Crippen molar-refractivity contribution in [3.63, 3.8) is 0 Å². The van der Waals surface area contributed by atoms with Gasteiger partial charge in [-0.15, -0.1) is 0 Å². The van der Waals surface area contributed by atoms with Crippen molar-refractivity contribution in [1.29, 1.82) is 5.26 Å². The lowest BCUT2D eigenvalue weighted by atomic mass is 9.61. The molecule has 3 heteroatoms. The zero-order chi connectivity index (χ0) is 14.1. The van der Waals surface area contributed by atoms with Gasteiger partial charge in [-0.05, 0) is 45.4 Å². The summed E-state index contributed by atoms with van der Waals surface area (Å²) in [5.74, 6) is 0.865. The molecular formula is C16H21NO2. The molecule has 0 amide bonds. The largest absolute Gasteiger partial charge is 0.491 e. The van der Waals surface area contributed by atoms with Gasteiger partial charge in [-0.3, -0.25) is 0 Å². The number of hydrogen-bond acceptors (Lipinski definition) is 3. The van der Waals surface area contributed by atoms with E-state index in [1.54, 1.807) is 0 Å². The van der Waals surface area contributed by atoms with Crippen molar-refractivity contribution < 1.29 is 9.47 Å². The van der Waals surface area contributed by atoms with Crippen molar-refractivity contribution in [2.45, 2.75) is 39.2 Å². The summed E-state index contributed by atoms with van der Waals surface area (Å²) in [5.41, 5.74) is 0.519. The van der Waals surface area contributed by atoms with Gasteiger partial charge in [0.25, 0.3) is 0 Å². The van der Waals surface area contributed by atoms with Crippen molar-refractivity contribution >= 4 is 0 Å². The van der Waals surface area contributed by atoms with Crippen LogP contribution < -0.4 is 4.74 Å². The van der Waals surface area contributed by atoms with E-state index in [0.717, 1.165) is 11.3 Å². The molecule has 0 bridgehead atoms. The Morgan fingerprint density at radius 1 is 1.26 bits per heavy atom. The third-order valence-electron chi connectivity index (χ3n) is 3.95. The number of rotatable bonds is 4. The fourth-order valence-corrected chi connectivity index (χ4v) is 2.43. The summed E-state index contributed by atoms with van der Waals surface area (Å²) in [6.07, 6.45) is 0.169. The highest BCUT2D eigenvalue weighted by molar-refractivity contribution is 5.38. The van der Waals surface area contributed by atoms with E-state index >= 15 is 0 Å². The first-order valence-corrected chi connectivity index (χ1v) is 6.67. The van der Waals surface area contributed by atoms with E-state index in [4.69, 9.17) is 9.47 Å². The molecule has 0 spiro atoms. The average Bonchev–Trinajstić information content (AvgIpc) is 2.29. The summed E-state index contributed by atoms with van der Waals surface area (Å²) in [7, 11) is 0. The highest BCUT2D eigenvalue weighted by Crippen LogP contribution is 2.47. The first-order valence-electron chi connectivity index (χ1n) is 6.67. The fourth-order valence-electron chi connectivity index (χ4n) is 2.43. The smallest absolute Gasteiger partial charge is 0.119 e. The van der Waals surface area contributed by atoms with Gasteiger partial charge in [-0.1, -0.05) is 12.1 Å². The van der Waals surface area contributed by atoms with E-state index in [1.807, 2.05) is 39.8 Å². The molecule has 0 radical (unpaired) electrons. The summed E-state index contributed by atoms with van der Waals surface area (Å²) < 4.78 is 11.0. The molecular weight excluding hydrogens is 238 g/mol. The quantitative estimate of drug-likeness (QED) is 0.833. The zero-order valence-electron chi connectivity index (χ0n) is 12.1. The van der Waals surface area contributed by atoms with Crippen molar-refractivity contribution in [3.05, 3.63) is 29.8 Å². The van der Waals surface area contributed by atoms with Gasteiger partial charge in [0.1, 0.15) is 5.75 Å². The van der Waals surface area contributed by atoms with E-state index in [-0.39, 0.29) is 11.5 Å². The predicted octanol–water partition coefficient (Wildman–Crippen LogP) is 3.29. The second-order valence-electron chi connectivity index (χ2n) is 6.00. The topological polar surface area (TPSA) is 42.2 Å². The summed E-state index contributed by atoms with van der Waals surface area (Å²) in [6.45, 7) is 9.19. The predicted molar refractivity (Wildman–Crippen MR) is 74.1 cm³/mol. The van der Waals surface area contributed by atoms with Crippen LogP contribution in [-0.4, -0.2) is 19.3 Å². The monoisotopic (exact) mass is 259 g/mol. The van der Waals surface area contributed by atoms with Crippen LogP contribution in [0.3, 0.4) is 0 Å². The fraction of sp³-hybridized carbons (Fsp3) is 0.562. The molecule has 19 heavy (non-hydrogen) atoms. The Labute approximate surface area is 115 Å². The third kappa shape index (κ3) is 2.33. The molecule has 1 heterocycles. The van der Waals surface area contributed by atoms with Crippen LogP contribution in [0, 0.1) is 16.7 Å². The van der Waals surface area contributed by atoms with Gasteiger partial charge in [0.2, 0.25) is 0 Å². The van der Waals surface area contributed by atoms with Gasteiger partial charge in [0, 0.05) is 0 Å². The summed E-state index contributed by atoms with van der Waals surface area (Å²) in [6, 6.07) is 10.5. The lowest BCUT2D eigenvalue weighted by molar-refractivity contribution is -0.102. The minimum Gasteiger partial charge on any atom is -0.491 e. The molecule has 1 aliphatic rings. The molecule has 102 valence electrons. The Hall–Kier alpha value is -1.53. The first-order chi connectivity index (χ1) is 8.91. The van der Waals surface area contributed by atoms with Gasteiger partial charge >= 0.3 is 0 Å². The third-order valence-corrected chi connectivity index (χ3v) is 3.95. The van der Waals surface area contributed by atoms with Crippen LogP contribution in [-0.2, 0) is 10.2 Å². The number of benzene rings is 1. The van der Waals surface area contributed by atoms with Crippen molar-refractivity contribution in [2.24, 2.45) is 5.41 Å². The van der Waals surface area contributed by atoms with E-state index in [9.17, 15) is 5.26 Å². The van der Waals surface area contributed by atoms with Crippen molar-refractivity contribution in [3.8, 4) is 11.8 Å². The Kier molecular flexibility index (Phi) is 3.56. The second-order valence-corrected chi connectivity index (χ2v) is 6.00. The lowest BCUT2D eigenvalue weighted by Gasteiger charge is -2.49. The molecule has 0 aromatic heterocycles. The van der Waals surface area contributed by atoms with E-state index in [0.29, 0.717) is 13.2 Å². The molecule has 3 nitrogen and oxygen atoms in total. The molecule has 0 N–H and O–H groups in total. The van der Waals surface area contributed by atoms with Crippen LogP contribution >= 0.6 is 0 Å². The zero-order valence-corrected chi connectivity index (χ0v) is 12.1. The maximum atomic E-state index is 9.40. The van der Waals surface area contributed by atoms with Gasteiger partial charge in [-0.25, -0.2) is 0 Å². The molecule has 1 aromatic carbocycles. The van der Waals surface area contributed by atoms with E-state index in [2.05, 4.69) is 18.2 Å². The van der Waals surface area contributed by atoms with Crippen LogP contribution in [0.1, 0.15) is 33.3 Å². The molecule has 0 aliphatic carbocycles. The van der Waals surface area contributed by atoms with Gasteiger partial charge < -0.3 is 9.47 Å². The standard InChI is InChI=1S/C16H21NO2/c1-12(2)19-14-7-5-13(6-8-14)16(10-18-11-16)15(3,4)9-17/h5-8,12H,10-11H2,1-4H3. The van der Waals surface area contributed by atoms with Crippen molar-refractivity contribution in [1.82, 2.24) is 0 Å². The molecule has 0 unspecified atom stereocenters. The Balaban J connectivity index is 2.28. The van der Waals surface area contributed by atoms with Gasteiger partial charge in [0.05, 0.1) is 36.2 Å². The van der Waals surface area contributed by atoms with Crippen LogP contribution in [0.25, 0.3) is 0 Å². The lowest BCUT2D eigenvalue weighted by Crippen LogP contribution is -2.56. The van der Waals surface area contributed by atoms with Crippen LogP contribution in [0.5, 0.6) is 5.75 Å². The number of nitriles is 1. The highest BCUT2D eigenvalue weighted by atomic mass is 16.5. The molecule has 0 saturated carbocycles. The van der Waals surface area contributed by atoms with Crippen molar-refractivity contribution in [2.75, 3.05) is 13.2 Å². The summed E-state index contributed by atoms with van der Waals surface area (Å²) in [5, 5.41) is 9.40. The molecule has 1 saturated heterocycles. The van der Waals surface area contributed by atoms with Crippen LogP contribution in [0.15, 0.2) is 24.3 Å². The van der Waals surface area contributed by atoms with Crippen LogP contribution in [0.2, 0.25) is 0 Å². The number of nitrogens with zero attached hydrogens (tertiary/aromatic N) is 1. The molecule has 0 atom stereocenters. The summed E-state index contributed by atoms with van der Waals surface area (Å²) >= 11 is 0. The molecule has 2 rings (SSSR count). The van der Waals surface area contributed by atoms with Gasteiger partial charge in [-0.2, -0.15) is 5.26 Å². The van der Waals surface area contributed by atoms with E-state index in [1.165, 1.54) is 0 Å². The molecule has 1 aromatic rings. The first kappa shape index (κ1) is 13.9. The normalized spacial score (nSPS) is 17.7. The molecule has 1 aliphatic heterocycles. The number of ether oxygens (including phenoxy) is 2. The number of hydrogen-bond donors (Lipinski definition) is 0. The van der Waals surface area contributed by atoms with E-state index < -0.39 is 5.41 Å². The average molecular weight is 259 g/mol. The van der Waals surface area contributed by atoms with Gasteiger partial charge in [0.15, 0.2) is 0 Å². The summed E-state index contributed by atoms with van der Waals surface area (Å²) in [4.78, 5) is 0. The SMILES string of the molecule is CC(C)Oc1ccc(C2(C(C)(C)C#N)COC2)cc1. The maximum absolute atomic E-state index is 9.40. The highest BCUT2D eigenvalue weighted by Gasteiger charge is 2.52. The maximum Gasteiger partial charge on any atom is 0.119 e. The molecule has 1 fully saturated rings. The Bertz CT molecular complexity index is 478. The minimum atomic E-state index is -0.439. The Morgan fingerprint density at radius 2 is 1.84 bits per heavy atom. The van der Waals surface area contributed by atoms with Crippen LogP contribution in [0.4, 0.5) is 0 Å².